The molecule has 0 spiro atoms. The molecule has 0 heterocycles. The molecule has 1 rings (SSSR count). The Morgan fingerprint density at radius 2 is 1.94 bits per heavy atom. The molecule has 1 fully saturated rings. The molecular weight excluding hydrogens is 238 g/mol. The van der Waals surface area contributed by atoms with Crippen LogP contribution in [0.5, 0.6) is 0 Å². The summed E-state index contributed by atoms with van der Waals surface area (Å²) in [5.74, 6) is -1.35. The van der Waals surface area contributed by atoms with Gasteiger partial charge in [-0.15, -0.1) is 0 Å². The normalized spacial score (nSPS) is 18.9. The molecule has 1 aliphatic rings. The number of carboxylic acids is 1. The second-order valence-electron chi connectivity index (χ2n) is 4.89. The number of nitrogens with one attached hydrogen (secondary N) is 2. The van der Waals surface area contributed by atoms with Gasteiger partial charge >= 0.3 is 12.0 Å². The van der Waals surface area contributed by atoms with Crippen molar-refractivity contribution in [2.45, 2.75) is 30.9 Å². The van der Waals surface area contributed by atoms with Gasteiger partial charge in [0.2, 0.25) is 0 Å². The SMILES string of the molecule is CN(C)C1(CNC(=O)NC[C@H](O)C(=O)O)CCC1. The quantitative estimate of drug-likeness (QED) is 0.501. The Bertz CT molecular complexity index is 315. The van der Waals surface area contributed by atoms with Crippen LogP contribution in [-0.2, 0) is 4.79 Å². The molecule has 1 atom stereocenters. The zero-order chi connectivity index (χ0) is 13.8. The zero-order valence-electron chi connectivity index (χ0n) is 10.8. The molecule has 0 aromatic carbocycles. The Labute approximate surface area is 106 Å². The van der Waals surface area contributed by atoms with Crippen molar-refractivity contribution in [3.63, 3.8) is 0 Å². The third-order valence-electron chi connectivity index (χ3n) is 3.55. The molecular formula is C11H21N3O4. The summed E-state index contributed by atoms with van der Waals surface area (Å²) in [6, 6.07) is -0.455. The Morgan fingerprint density at radius 3 is 2.33 bits per heavy atom. The molecule has 7 nitrogen and oxygen atoms in total. The molecule has 18 heavy (non-hydrogen) atoms. The highest BCUT2D eigenvalue weighted by atomic mass is 16.4. The van der Waals surface area contributed by atoms with Gasteiger partial charge in [-0.1, -0.05) is 0 Å². The number of likely N-dealkylation sites (N-methyl/N-ethyl adjacent to an activating group) is 1. The average Bonchev–Trinajstić information content (AvgIpc) is 2.23. The molecule has 0 saturated heterocycles. The third-order valence-corrected chi connectivity index (χ3v) is 3.55. The van der Waals surface area contributed by atoms with Gasteiger partial charge in [0.05, 0.1) is 6.54 Å². The van der Waals surface area contributed by atoms with Crippen molar-refractivity contribution in [2.24, 2.45) is 0 Å². The lowest BCUT2D eigenvalue weighted by atomic mass is 9.75. The molecule has 0 aromatic rings. The number of carbonyl (C=O) groups excluding carboxylic acids is 1. The first kappa shape index (κ1) is 14.7. The van der Waals surface area contributed by atoms with E-state index in [9.17, 15) is 9.59 Å². The third kappa shape index (κ3) is 3.58. The van der Waals surface area contributed by atoms with Crippen LogP contribution in [0, 0.1) is 0 Å². The van der Waals surface area contributed by atoms with Gasteiger partial charge in [-0.25, -0.2) is 9.59 Å². The number of rotatable bonds is 6. The molecule has 0 unspecified atom stereocenters. The van der Waals surface area contributed by atoms with Crippen LogP contribution in [0.1, 0.15) is 19.3 Å². The van der Waals surface area contributed by atoms with E-state index < -0.39 is 18.1 Å². The first-order chi connectivity index (χ1) is 8.37. The summed E-state index contributed by atoms with van der Waals surface area (Å²) in [5, 5.41) is 22.5. The fraction of sp³-hybridized carbons (Fsp3) is 0.818. The van der Waals surface area contributed by atoms with Crippen molar-refractivity contribution in [2.75, 3.05) is 27.2 Å². The van der Waals surface area contributed by atoms with Gasteiger partial charge in [-0.05, 0) is 33.4 Å². The van der Waals surface area contributed by atoms with Gasteiger partial charge in [-0.3, -0.25) is 0 Å². The van der Waals surface area contributed by atoms with Crippen molar-refractivity contribution < 1.29 is 19.8 Å². The van der Waals surface area contributed by atoms with E-state index in [1.54, 1.807) is 0 Å². The number of aliphatic hydroxyl groups is 1. The van der Waals surface area contributed by atoms with Crippen molar-refractivity contribution in [3.05, 3.63) is 0 Å². The molecule has 1 aliphatic carbocycles. The summed E-state index contributed by atoms with van der Waals surface area (Å²) in [7, 11) is 3.96. The number of carboxylic acid groups (broad SMARTS) is 1. The molecule has 7 heteroatoms. The molecule has 1 saturated carbocycles. The van der Waals surface area contributed by atoms with E-state index in [2.05, 4.69) is 15.5 Å². The van der Waals surface area contributed by atoms with Crippen LogP contribution in [0.4, 0.5) is 4.79 Å². The van der Waals surface area contributed by atoms with Gasteiger partial charge in [0.25, 0.3) is 0 Å². The number of aliphatic hydroxyl groups excluding tert-OH is 1. The highest BCUT2D eigenvalue weighted by molar-refractivity contribution is 5.76. The highest BCUT2D eigenvalue weighted by Crippen LogP contribution is 2.35. The lowest BCUT2D eigenvalue weighted by Gasteiger charge is -2.47. The van der Waals surface area contributed by atoms with E-state index in [0.29, 0.717) is 6.54 Å². The topological polar surface area (TPSA) is 102 Å². The van der Waals surface area contributed by atoms with E-state index in [1.165, 1.54) is 0 Å². The molecule has 4 N–H and O–H groups in total. The summed E-state index contributed by atoms with van der Waals surface area (Å²) in [5.41, 5.74) is 0.0166. The number of amides is 2. The number of hydrogen-bond acceptors (Lipinski definition) is 4. The maximum Gasteiger partial charge on any atom is 0.334 e. The van der Waals surface area contributed by atoms with Crippen LogP contribution in [-0.4, -0.2) is 65.9 Å². The Balaban J connectivity index is 2.27. The second kappa shape index (κ2) is 6.01. The molecule has 0 aromatic heterocycles. The van der Waals surface area contributed by atoms with Crippen LogP contribution in [0.3, 0.4) is 0 Å². The maximum absolute atomic E-state index is 11.4. The number of carbonyl (C=O) groups is 2. The van der Waals surface area contributed by atoms with E-state index in [0.717, 1.165) is 19.3 Å². The predicted molar refractivity (Wildman–Crippen MR) is 65.3 cm³/mol. The van der Waals surface area contributed by atoms with Gasteiger partial charge in [0.1, 0.15) is 0 Å². The molecule has 0 radical (unpaired) electrons. The second-order valence-corrected chi connectivity index (χ2v) is 4.89. The Hall–Kier alpha value is -1.34. The molecule has 0 bridgehead atoms. The lowest BCUT2D eigenvalue weighted by molar-refractivity contribution is -0.146. The van der Waals surface area contributed by atoms with Crippen LogP contribution in [0.25, 0.3) is 0 Å². The summed E-state index contributed by atoms with van der Waals surface area (Å²) >= 11 is 0. The first-order valence-electron chi connectivity index (χ1n) is 5.97. The van der Waals surface area contributed by atoms with E-state index in [-0.39, 0.29) is 12.1 Å². The zero-order valence-corrected chi connectivity index (χ0v) is 10.8. The lowest BCUT2D eigenvalue weighted by Crippen LogP contribution is -2.58. The number of urea groups is 1. The smallest absolute Gasteiger partial charge is 0.334 e. The fourth-order valence-corrected chi connectivity index (χ4v) is 1.95. The van der Waals surface area contributed by atoms with Crippen molar-refractivity contribution in [3.8, 4) is 0 Å². The van der Waals surface area contributed by atoms with Crippen LogP contribution in [0.2, 0.25) is 0 Å². The minimum Gasteiger partial charge on any atom is -0.479 e. The van der Waals surface area contributed by atoms with E-state index in [1.807, 2.05) is 14.1 Å². The van der Waals surface area contributed by atoms with Crippen LogP contribution < -0.4 is 10.6 Å². The van der Waals surface area contributed by atoms with Crippen LogP contribution >= 0.6 is 0 Å². The average molecular weight is 259 g/mol. The maximum atomic E-state index is 11.4. The molecule has 104 valence electrons. The highest BCUT2D eigenvalue weighted by Gasteiger charge is 2.39. The largest absolute Gasteiger partial charge is 0.479 e. The van der Waals surface area contributed by atoms with E-state index >= 15 is 0 Å². The fourth-order valence-electron chi connectivity index (χ4n) is 1.95. The summed E-state index contributed by atoms with van der Waals surface area (Å²) in [6.07, 6.45) is 1.66. The first-order valence-corrected chi connectivity index (χ1v) is 5.97. The van der Waals surface area contributed by atoms with Crippen molar-refractivity contribution in [1.29, 1.82) is 0 Å². The Kier molecular flexibility index (Phi) is 4.92. The van der Waals surface area contributed by atoms with E-state index in [4.69, 9.17) is 10.2 Å². The Morgan fingerprint density at radius 1 is 1.33 bits per heavy atom. The van der Waals surface area contributed by atoms with Gasteiger partial charge in [0.15, 0.2) is 6.10 Å². The minimum atomic E-state index is -1.57. The molecule has 0 aliphatic heterocycles. The van der Waals surface area contributed by atoms with Gasteiger partial charge in [-0.2, -0.15) is 0 Å². The van der Waals surface area contributed by atoms with Gasteiger partial charge < -0.3 is 25.7 Å². The number of aliphatic carboxylic acids is 1. The van der Waals surface area contributed by atoms with Crippen molar-refractivity contribution in [1.82, 2.24) is 15.5 Å². The van der Waals surface area contributed by atoms with Gasteiger partial charge in [0, 0.05) is 12.1 Å². The number of nitrogens with zero attached hydrogens (tertiary/aromatic N) is 1. The number of hydrogen-bond donors (Lipinski definition) is 4. The molecule has 2 amide bonds. The standard InChI is InChI=1S/C11H21N3O4/c1-14(2)11(4-3-5-11)7-13-10(18)12-6-8(15)9(16)17/h8,15H,3-7H2,1-2H3,(H,16,17)(H2,12,13,18)/t8-/m0/s1. The van der Waals surface area contributed by atoms with Crippen molar-refractivity contribution >= 4 is 12.0 Å². The monoisotopic (exact) mass is 259 g/mol. The van der Waals surface area contributed by atoms with Crippen LogP contribution in [0.15, 0.2) is 0 Å². The predicted octanol–water partition coefficient (Wildman–Crippen LogP) is -0.785. The minimum absolute atomic E-state index is 0.0166. The summed E-state index contributed by atoms with van der Waals surface area (Å²) < 4.78 is 0. The summed E-state index contributed by atoms with van der Waals surface area (Å²) in [4.78, 5) is 23.9. The summed E-state index contributed by atoms with van der Waals surface area (Å²) in [6.45, 7) is 0.227.